The first-order valence-electron chi connectivity index (χ1n) is 5.43. The summed E-state index contributed by atoms with van der Waals surface area (Å²) in [7, 11) is 1.62. The van der Waals surface area contributed by atoms with Gasteiger partial charge in [0.05, 0.1) is 12.8 Å². The number of methoxy groups -OCH3 is 1. The Morgan fingerprint density at radius 1 is 1.06 bits per heavy atom. The van der Waals surface area contributed by atoms with Crippen LogP contribution in [0.2, 0.25) is 0 Å². The van der Waals surface area contributed by atoms with Crippen LogP contribution in [0.15, 0.2) is 53.5 Å². The monoisotopic (exact) mass is 260 g/mol. The van der Waals surface area contributed by atoms with Crippen molar-refractivity contribution in [3.63, 3.8) is 0 Å². The van der Waals surface area contributed by atoms with E-state index in [2.05, 4.69) is 4.99 Å². The van der Waals surface area contributed by atoms with Gasteiger partial charge in [-0.3, -0.25) is 0 Å². The molecule has 4 heteroatoms. The molecule has 92 valence electrons. The lowest BCUT2D eigenvalue weighted by molar-refractivity contribution is 0.415. The molecule has 0 aliphatic rings. The van der Waals surface area contributed by atoms with Gasteiger partial charge in [0.15, 0.2) is 0 Å². The van der Waals surface area contributed by atoms with E-state index >= 15 is 0 Å². The molecule has 0 aromatic heterocycles. The maximum Gasteiger partial charge on any atom is 0.136 e. The first-order valence-corrected chi connectivity index (χ1v) is 5.81. The summed E-state index contributed by atoms with van der Waals surface area (Å²) in [5, 5.41) is 0.431. The van der Waals surface area contributed by atoms with Gasteiger partial charge in [-0.25, -0.2) is 4.99 Å². The van der Waals surface area contributed by atoms with E-state index in [0.717, 1.165) is 17.0 Å². The quantitative estimate of drug-likeness (QED) is 0.677. The summed E-state index contributed by atoms with van der Waals surface area (Å²) in [5.41, 5.74) is 7.93. The molecular formula is C14H13ClN2O. The average molecular weight is 261 g/mol. The van der Waals surface area contributed by atoms with Crippen LogP contribution in [0.4, 0.5) is 11.4 Å². The number of rotatable bonds is 3. The molecule has 0 aliphatic heterocycles. The molecule has 0 saturated carbocycles. The highest BCUT2D eigenvalue weighted by molar-refractivity contribution is 6.69. The van der Waals surface area contributed by atoms with Crippen LogP contribution in [0.5, 0.6) is 5.75 Å². The zero-order valence-electron chi connectivity index (χ0n) is 9.93. The minimum Gasteiger partial charge on any atom is -0.497 e. The lowest BCUT2D eigenvalue weighted by Gasteiger charge is -2.01. The summed E-state index contributed by atoms with van der Waals surface area (Å²) in [6.45, 7) is 0. The lowest BCUT2D eigenvalue weighted by Crippen LogP contribution is -1.91. The van der Waals surface area contributed by atoms with E-state index in [1.807, 2.05) is 36.4 Å². The fourth-order valence-corrected chi connectivity index (χ4v) is 1.68. The summed E-state index contributed by atoms with van der Waals surface area (Å²) in [6, 6.07) is 14.6. The number of hydrogen-bond donors (Lipinski definition) is 1. The van der Waals surface area contributed by atoms with Crippen molar-refractivity contribution in [2.75, 3.05) is 12.8 Å². The van der Waals surface area contributed by atoms with Crippen LogP contribution in [-0.2, 0) is 0 Å². The molecule has 0 unspecified atom stereocenters. The van der Waals surface area contributed by atoms with Gasteiger partial charge < -0.3 is 10.5 Å². The Hall–Kier alpha value is -2.00. The van der Waals surface area contributed by atoms with Crippen molar-refractivity contribution in [1.29, 1.82) is 0 Å². The number of benzene rings is 2. The van der Waals surface area contributed by atoms with Crippen LogP contribution >= 0.6 is 11.6 Å². The molecule has 0 fully saturated rings. The second-order valence-electron chi connectivity index (χ2n) is 3.72. The molecule has 0 radical (unpaired) electrons. The highest BCUT2D eigenvalue weighted by Gasteiger charge is 2.00. The zero-order valence-corrected chi connectivity index (χ0v) is 10.7. The lowest BCUT2D eigenvalue weighted by atomic mass is 10.2. The van der Waals surface area contributed by atoms with Crippen molar-refractivity contribution in [2.24, 2.45) is 4.99 Å². The van der Waals surface area contributed by atoms with E-state index in [1.54, 1.807) is 19.2 Å². The van der Waals surface area contributed by atoms with Crippen LogP contribution in [-0.4, -0.2) is 12.3 Å². The highest BCUT2D eigenvalue weighted by atomic mass is 35.5. The molecule has 0 atom stereocenters. The van der Waals surface area contributed by atoms with Gasteiger partial charge in [0, 0.05) is 11.3 Å². The predicted octanol–water partition coefficient (Wildman–Crippen LogP) is 3.59. The summed E-state index contributed by atoms with van der Waals surface area (Å²) in [5.74, 6) is 0.789. The molecule has 18 heavy (non-hydrogen) atoms. The van der Waals surface area contributed by atoms with E-state index in [0.29, 0.717) is 10.9 Å². The Kier molecular flexibility index (Phi) is 3.85. The molecule has 0 heterocycles. The summed E-state index contributed by atoms with van der Waals surface area (Å²) in [4.78, 5) is 4.32. The van der Waals surface area contributed by atoms with Gasteiger partial charge in [-0.15, -0.1) is 0 Å². The van der Waals surface area contributed by atoms with Crippen LogP contribution in [0, 0.1) is 0 Å². The third-order valence-electron chi connectivity index (χ3n) is 2.45. The maximum atomic E-state index is 6.14. The van der Waals surface area contributed by atoms with Crippen molar-refractivity contribution < 1.29 is 4.74 Å². The van der Waals surface area contributed by atoms with Crippen LogP contribution < -0.4 is 10.5 Å². The number of nitrogen functional groups attached to an aromatic ring is 1. The topological polar surface area (TPSA) is 47.6 Å². The molecule has 0 saturated heterocycles. The zero-order chi connectivity index (χ0) is 13.0. The number of ether oxygens (including phenoxy) is 1. The Morgan fingerprint density at radius 3 is 2.22 bits per heavy atom. The van der Waals surface area contributed by atoms with Crippen molar-refractivity contribution in [2.45, 2.75) is 0 Å². The van der Waals surface area contributed by atoms with Crippen molar-refractivity contribution in [1.82, 2.24) is 0 Å². The highest BCUT2D eigenvalue weighted by Crippen LogP contribution is 2.20. The van der Waals surface area contributed by atoms with Gasteiger partial charge in [-0.05, 0) is 48.5 Å². The first kappa shape index (κ1) is 12.5. The Labute approximate surface area is 111 Å². The number of halogens is 1. The van der Waals surface area contributed by atoms with Crippen LogP contribution in [0.25, 0.3) is 0 Å². The van der Waals surface area contributed by atoms with Gasteiger partial charge in [-0.2, -0.15) is 0 Å². The maximum absolute atomic E-state index is 6.14. The molecular weight excluding hydrogens is 248 g/mol. The summed E-state index contributed by atoms with van der Waals surface area (Å²) >= 11 is 6.14. The van der Waals surface area contributed by atoms with Gasteiger partial charge >= 0.3 is 0 Å². The average Bonchev–Trinajstić information content (AvgIpc) is 2.40. The molecule has 2 N–H and O–H groups in total. The van der Waals surface area contributed by atoms with Gasteiger partial charge in [0.2, 0.25) is 0 Å². The molecule has 2 rings (SSSR count). The summed E-state index contributed by atoms with van der Waals surface area (Å²) in [6.07, 6.45) is 0. The molecule has 3 nitrogen and oxygen atoms in total. The predicted molar refractivity (Wildman–Crippen MR) is 75.9 cm³/mol. The first-order chi connectivity index (χ1) is 8.69. The van der Waals surface area contributed by atoms with Crippen molar-refractivity contribution in [3.05, 3.63) is 54.1 Å². The number of aliphatic imine (C=N–C) groups is 1. The third kappa shape index (κ3) is 3.02. The van der Waals surface area contributed by atoms with Crippen molar-refractivity contribution >= 4 is 28.1 Å². The molecule has 0 bridgehead atoms. The standard InChI is InChI=1S/C14H13ClN2O/c1-18-13-8-6-12(7-9-13)17-14(15)10-2-4-11(16)5-3-10/h2-9H,16H2,1H3. The molecule has 2 aromatic rings. The Bertz CT molecular complexity index is 547. The van der Waals surface area contributed by atoms with Gasteiger partial charge in [-0.1, -0.05) is 11.6 Å². The smallest absolute Gasteiger partial charge is 0.136 e. The molecule has 2 aromatic carbocycles. The molecule has 0 aliphatic carbocycles. The number of nitrogens with two attached hydrogens (primary N) is 1. The third-order valence-corrected chi connectivity index (χ3v) is 2.75. The van der Waals surface area contributed by atoms with Gasteiger partial charge in [0.1, 0.15) is 10.9 Å². The second-order valence-corrected chi connectivity index (χ2v) is 4.08. The van der Waals surface area contributed by atoms with Crippen LogP contribution in [0.1, 0.15) is 5.56 Å². The molecule has 0 spiro atoms. The minimum atomic E-state index is 0.431. The largest absolute Gasteiger partial charge is 0.497 e. The number of hydrogen-bond acceptors (Lipinski definition) is 3. The van der Waals surface area contributed by atoms with E-state index < -0.39 is 0 Å². The fourth-order valence-electron chi connectivity index (χ4n) is 1.46. The van der Waals surface area contributed by atoms with E-state index in [1.165, 1.54) is 0 Å². The fraction of sp³-hybridized carbons (Fsp3) is 0.0714. The van der Waals surface area contributed by atoms with Gasteiger partial charge in [0.25, 0.3) is 0 Å². The minimum absolute atomic E-state index is 0.431. The SMILES string of the molecule is COc1ccc(N=C(Cl)c2ccc(N)cc2)cc1. The van der Waals surface area contributed by atoms with E-state index in [9.17, 15) is 0 Å². The van der Waals surface area contributed by atoms with E-state index in [4.69, 9.17) is 22.1 Å². The Morgan fingerprint density at radius 2 is 1.67 bits per heavy atom. The summed E-state index contributed by atoms with van der Waals surface area (Å²) < 4.78 is 5.08. The second kappa shape index (κ2) is 5.56. The van der Waals surface area contributed by atoms with E-state index in [-0.39, 0.29) is 0 Å². The van der Waals surface area contributed by atoms with Crippen LogP contribution in [0.3, 0.4) is 0 Å². The van der Waals surface area contributed by atoms with Crippen molar-refractivity contribution in [3.8, 4) is 5.75 Å². The number of anilines is 1. The Balaban J connectivity index is 2.23. The normalized spacial score (nSPS) is 11.3. The molecule has 0 amide bonds. The number of nitrogens with zero attached hydrogens (tertiary/aromatic N) is 1.